The molecule has 0 saturated carbocycles. The Bertz CT molecular complexity index is 223. The summed E-state index contributed by atoms with van der Waals surface area (Å²) in [5.74, 6) is 3.32. The second-order valence-corrected chi connectivity index (χ2v) is 2.65. The zero-order valence-corrected chi connectivity index (χ0v) is 11.2. The maximum Gasteiger partial charge on any atom is 0.326 e. The van der Waals surface area contributed by atoms with E-state index in [9.17, 15) is 9.59 Å². The summed E-state index contributed by atoms with van der Waals surface area (Å²) in [5, 5.41) is 11.0. The number of amides is 1. The van der Waals surface area contributed by atoms with Gasteiger partial charge in [0.2, 0.25) is 5.91 Å². The van der Waals surface area contributed by atoms with Gasteiger partial charge in [-0.25, -0.2) is 4.79 Å². The summed E-state index contributed by atoms with van der Waals surface area (Å²) in [7, 11) is 0. The number of carboxylic acid groups (broad SMARTS) is 1. The average Bonchev–Trinajstić information content (AvgIpc) is 2.16. The Labute approximate surface area is 114 Å². The average molecular weight is 289 g/mol. The van der Waals surface area contributed by atoms with Crippen LogP contribution in [0.2, 0.25) is 0 Å². The molecule has 0 spiro atoms. The minimum Gasteiger partial charge on any atom is -0.600 e. The number of hydrogen-bond donors (Lipinski definition) is 3. The topological polar surface area (TPSA) is 107 Å². The van der Waals surface area contributed by atoms with Gasteiger partial charge in [0.15, 0.2) is 0 Å². The van der Waals surface area contributed by atoms with E-state index in [1.54, 1.807) is 0 Å². The molecule has 0 heterocycles. The monoisotopic (exact) mass is 289 g/mol. The molecule has 0 aromatic heterocycles. The van der Waals surface area contributed by atoms with Crippen molar-refractivity contribution in [2.24, 2.45) is 5.84 Å². The predicted octanol–water partition coefficient (Wildman–Crippen LogP) is -0.233. The number of rotatable bonds is 7. The van der Waals surface area contributed by atoms with Crippen molar-refractivity contribution in [2.75, 3.05) is 6.54 Å². The number of carbonyl (C=O) groups is 2. The molecule has 6 nitrogen and oxygen atoms in total. The molecular formula is C8H14N3O3Y-. The van der Waals surface area contributed by atoms with Gasteiger partial charge < -0.3 is 21.7 Å². The molecule has 0 bridgehead atoms. The second-order valence-electron chi connectivity index (χ2n) is 2.65. The first-order valence-electron chi connectivity index (χ1n) is 4.14. The number of carbonyl (C=O) groups excluding carboxylic acids is 1. The maximum absolute atomic E-state index is 10.8. The van der Waals surface area contributed by atoms with Gasteiger partial charge in [0, 0.05) is 32.7 Å². The Kier molecular flexibility index (Phi) is 11.7. The Morgan fingerprint density at radius 1 is 1.60 bits per heavy atom. The number of nitrogens with zero attached hydrogens (tertiary/aromatic N) is 1. The van der Waals surface area contributed by atoms with Gasteiger partial charge >= 0.3 is 5.97 Å². The van der Waals surface area contributed by atoms with Gasteiger partial charge in [-0.2, -0.15) is 0 Å². The Morgan fingerprint density at radius 3 is 2.60 bits per heavy atom. The summed E-state index contributed by atoms with van der Waals surface area (Å²) in [4.78, 5) is 21.5. The van der Waals surface area contributed by atoms with E-state index in [-0.39, 0.29) is 32.7 Å². The molecule has 0 aliphatic carbocycles. The van der Waals surface area contributed by atoms with E-state index in [1.807, 2.05) is 0 Å². The molecule has 0 fully saturated rings. The van der Waals surface area contributed by atoms with Crippen LogP contribution in [0.4, 0.5) is 0 Å². The molecular weight excluding hydrogens is 275 g/mol. The van der Waals surface area contributed by atoms with Crippen LogP contribution >= 0.6 is 0 Å². The first-order valence-corrected chi connectivity index (χ1v) is 4.14. The zero-order valence-electron chi connectivity index (χ0n) is 8.35. The van der Waals surface area contributed by atoms with Crippen molar-refractivity contribution in [3.05, 3.63) is 18.1 Å². The van der Waals surface area contributed by atoms with Crippen LogP contribution in [-0.4, -0.2) is 29.6 Å². The van der Waals surface area contributed by atoms with Crippen molar-refractivity contribution < 1.29 is 47.4 Å². The van der Waals surface area contributed by atoms with Gasteiger partial charge in [0.05, 0.1) is 0 Å². The molecule has 0 aliphatic rings. The third-order valence-corrected chi connectivity index (χ3v) is 1.58. The minimum atomic E-state index is -1.07. The summed E-state index contributed by atoms with van der Waals surface area (Å²) >= 11 is 0. The van der Waals surface area contributed by atoms with E-state index >= 15 is 0 Å². The Hall–Kier alpha value is -0.296. The molecule has 0 aromatic rings. The van der Waals surface area contributed by atoms with E-state index in [0.29, 0.717) is 19.4 Å². The number of aliphatic carboxylic acids is 1. The number of nitrogens with two attached hydrogens (primary N) is 1. The summed E-state index contributed by atoms with van der Waals surface area (Å²) in [6, 6.07) is -0.901. The van der Waals surface area contributed by atoms with Crippen LogP contribution < -0.4 is 11.2 Å². The predicted molar refractivity (Wildman–Crippen MR) is 51.4 cm³/mol. The summed E-state index contributed by atoms with van der Waals surface area (Å²) in [6.45, 7) is 3.61. The molecule has 83 valence electrons. The molecule has 7 heteroatoms. The standard InChI is InChI=1S/C8H14N3O3.Y/c1-2-7(12)11-6(8(13)14)4-3-5-10-9;/h2,6H,1,3-5,9H2,(H,11,12)(H,13,14);/q-1;. The fourth-order valence-electron chi connectivity index (χ4n) is 0.875. The van der Waals surface area contributed by atoms with Crippen molar-refractivity contribution in [2.45, 2.75) is 18.9 Å². The van der Waals surface area contributed by atoms with E-state index in [1.165, 1.54) is 0 Å². The van der Waals surface area contributed by atoms with E-state index in [0.717, 1.165) is 6.08 Å². The quantitative estimate of drug-likeness (QED) is 0.260. The van der Waals surface area contributed by atoms with Crippen LogP contribution in [0.25, 0.3) is 5.43 Å². The molecule has 0 aliphatic heterocycles. The number of hydrogen-bond acceptors (Lipinski definition) is 3. The summed E-state index contributed by atoms with van der Waals surface area (Å²) in [5.41, 5.74) is 3.34. The van der Waals surface area contributed by atoms with Crippen molar-refractivity contribution in [3.8, 4) is 0 Å². The van der Waals surface area contributed by atoms with Crippen LogP contribution in [0.3, 0.4) is 0 Å². The molecule has 1 unspecified atom stereocenters. The third-order valence-electron chi connectivity index (χ3n) is 1.58. The van der Waals surface area contributed by atoms with Gasteiger partial charge in [-0.15, -0.1) is 6.54 Å². The SMILES string of the molecule is C=CC(=O)NC(CCC[N-]N)C(=O)O.[Y]. The normalized spacial score (nSPS) is 11.0. The molecule has 1 radical (unpaired) electrons. The third kappa shape index (κ3) is 8.68. The molecule has 4 N–H and O–H groups in total. The Balaban J connectivity index is 0. The first-order chi connectivity index (χ1) is 6.61. The number of nitrogens with one attached hydrogen (secondary N) is 1. The van der Waals surface area contributed by atoms with E-state index in [4.69, 9.17) is 10.9 Å². The van der Waals surface area contributed by atoms with Crippen molar-refractivity contribution in [1.29, 1.82) is 0 Å². The Morgan fingerprint density at radius 2 is 2.20 bits per heavy atom. The van der Waals surface area contributed by atoms with Gasteiger partial charge in [-0.1, -0.05) is 13.0 Å². The van der Waals surface area contributed by atoms with Crippen molar-refractivity contribution in [1.82, 2.24) is 5.32 Å². The largest absolute Gasteiger partial charge is 0.600 e. The molecule has 0 saturated heterocycles. The summed E-state index contributed by atoms with van der Waals surface area (Å²) in [6.07, 6.45) is 1.85. The first kappa shape index (κ1) is 17.1. The summed E-state index contributed by atoms with van der Waals surface area (Å²) < 4.78 is 0. The van der Waals surface area contributed by atoms with Gasteiger partial charge in [0.25, 0.3) is 0 Å². The maximum atomic E-state index is 10.8. The van der Waals surface area contributed by atoms with Crippen LogP contribution in [0.5, 0.6) is 0 Å². The molecule has 15 heavy (non-hydrogen) atoms. The molecule has 0 rings (SSSR count). The van der Waals surface area contributed by atoms with Crippen molar-refractivity contribution in [3.63, 3.8) is 0 Å². The van der Waals surface area contributed by atoms with Crippen molar-refractivity contribution >= 4 is 11.9 Å². The second kappa shape index (κ2) is 10.2. The van der Waals surface area contributed by atoms with Crippen LogP contribution in [0, 0.1) is 0 Å². The van der Waals surface area contributed by atoms with E-state index < -0.39 is 17.9 Å². The van der Waals surface area contributed by atoms with Crippen LogP contribution in [-0.2, 0) is 42.3 Å². The van der Waals surface area contributed by atoms with Gasteiger partial charge in [-0.05, 0) is 12.5 Å². The minimum absolute atomic E-state index is 0. The molecule has 1 amide bonds. The number of carboxylic acids is 1. The van der Waals surface area contributed by atoms with Gasteiger partial charge in [-0.3, -0.25) is 4.79 Å². The molecule has 0 aromatic carbocycles. The van der Waals surface area contributed by atoms with Crippen LogP contribution in [0.15, 0.2) is 12.7 Å². The van der Waals surface area contributed by atoms with Crippen LogP contribution in [0.1, 0.15) is 12.8 Å². The van der Waals surface area contributed by atoms with E-state index in [2.05, 4.69) is 17.3 Å². The van der Waals surface area contributed by atoms with Gasteiger partial charge in [0.1, 0.15) is 6.04 Å². The molecule has 1 atom stereocenters. The fourth-order valence-corrected chi connectivity index (χ4v) is 0.875. The smallest absolute Gasteiger partial charge is 0.326 e. The fraction of sp³-hybridized carbons (Fsp3) is 0.500. The zero-order chi connectivity index (χ0) is 11.0.